The van der Waals surface area contributed by atoms with Gasteiger partial charge in [0.25, 0.3) is 0 Å². The Morgan fingerprint density at radius 3 is 0.869 bits per heavy atom. The predicted molar refractivity (Wildman–Crippen MR) is 251 cm³/mol. The zero-order chi connectivity index (χ0) is 42.9. The van der Waals surface area contributed by atoms with E-state index in [-0.39, 0.29) is 23.0 Å². The average Bonchev–Trinajstić information content (AvgIpc) is 3.27. The molecule has 0 bridgehead atoms. The van der Waals surface area contributed by atoms with Crippen molar-refractivity contribution in [3.63, 3.8) is 0 Å². The third-order valence-corrected chi connectivity index (χ3v) is 12.1. The van der Waals surface area contributed by atoms with Crippen LogP contribution >= 0.6 is 0 Å². The molecule has 7 rings (SSSR count). The molecule has 0 heterocycles. The second-order valence-corrected chi connectivity index (χ2v) is 16.6. The van der Waals surface area contributed by atoms with Crippen LogP contribution in [0.1, 0.15) is 143 Å². The highest BCUT2D eigenvalue weighted by molar-refractivity contribution is 5.64. The van der Waals surface area contributed by atoms with Crippen LogP contribution in [0.25, 0.3) is 0 Å². The Morgan fingerprint density at radius 1 is 0.311 bits per heavy atom. The highest BCUT2D eigenvalue weighted by Gasteiger charge is 2.33. The Labute approximate surface area is 362 Å². The number of hydrogen-bond acceptors (Lipinski definition) is 4. The van der Waals surface area contributed by atoms with Crippen molar-refractivity contribution in [3.8, 4) is 23.0 Å². The molecule has 0 saturated carbocycles. The first-order valence-corrected chi connectivity index (χ1v) is 22.3. The maximum Gasteiger partial charge on any atom is 0.123 e. The SMILES string of the molecule is CCCc1ccc(O)c(C(c2ccccc2)c2cc(CCC)cc(C(c3ccccc3)c3cc(CCC)cc(C(c4ccccc4)c4cc(CCC)ccc4O)c3O)c2O)c1. The van der Waals surface area contributed by atoms with Crippen molar-refractivity contribution in [2.24, 2.45) is 0 Å². The molecule has 61 heavy (non-hydrogen) atoms. The fourth-order valence-corrected chi connectivity index (χ4v) is 9.31. The quantitative estimate of drug-likeness (QED) is 0.0691. The summed E-state index contributed by atoms with van der Waals surface area (Å²) in [6.45, 7) is 8.64. The lowest BCUT2D eigenvalue weighted by molar-refractivity contribution is 0.446. The maximum atomic E-state index is 13.1. The summed E-state index contributed by atoms with van der Waals surface area (Å²) in [7, 11) is 0. The zero-order valence-electron chi connectivity index (χ0n) is 36.1. The second kappa shape index (κ2) is 19.9. The third kappa shape index (κ3) is 9.40. The van der Waals surface area contributed by atoms with E-state index in [1.807, 2.05) is 66.7 Å². The molecular weight excluding hydrogens is 749 g/mol. The van der Waals surface area contributed by atoms with Gasteiger partial charge in [-0.1, -0.05) is 193 Å². The average molecular weight is 809 g/mol. The minimum Gasteiger partial charge on any atom is -0.508 e. The molecule has 0 fully saturated rings. The summed E-state index contributed by atoms with van der Waals surface area (Å²) in [5, 5.41) is 49.3. The molecule has 0 aliphatic carbocycles. The third-order valence-electron chi connectivity index (χ3n) is 12.1. The van der Waals surface area contributed by atoms with Crippen molar-refractivity contribution in [3.05, 3.63) is 224 Å². The highest BCUT2D eigenvalue weighted by Crippen LogP contribution is 2.51. The van der Waals surface area contributed by atoms with Crippen molar-refractivity contribution in [1.29, 1.82) is 0 Å². The first-order valence-electron chi connectivity index (χ1n) is 22.3. The van der Waals surface area contributed by atoms with Gasteiger partial charge >= 0.3 is 0 Å². The molecule has 0 radical (unpaired) electrons. The smallest absolute Gasteiger partial charge is 0.123 e. The van der Waals surface area contributed by atoms with Gasteiger partial charge in [-0.3, -0.25) is 0 Å². The van der Waals surface area contributed by atoms with Crippen LogP contribution in [0.2, 0.25) is 0 Å². The van der Waals surface area contributed by atoms with Crippen LogP contribution in [0.4, 0.5) is 0 Å². The van der Waals surface area contributed by atoms with Gasteiger partial charge in [0.2, 0.25) is 0 Å². The summed E-state index contributed by atoms with van der Waals surface area (Å²) in [5.74, 6) is -0.878. The largest absolute Gasteiger partial charge is 0.508 e. The van der Waals surface area contributed by atoms with E-state index in [4.69, 9.17) is 0 Å². The number of phenolic OH excluding ortho intramolecular Hbond substituents is 4. The van der Waals surface area contributed by atoms with Crippen molar-refractivity contribution >= 4 is 0 Å². The normalized spacial score (nSPS) is 12.9. The minimum atomic E-state index is -0.569. The fourth-order valence-electron chi connectivity index (χ4n) is 9.31. The van der Waals surface area contributed by atoms with E-state index in [0.717, 1.165) is 101 Å². The molecule has 4 N–H and O–H groups in total. The molecule has 2 unspecified atom stereocenters. The summed E-state index contributed by atoms with van der Waals surface area (Å²) in [5.41, 5.74) is 11.5. The summed E-state index contributed by atoms with van der Waals surface area (Å²) < 4.78 is 0. The van der Waals surface area contributed by atoms with E-state index in [1.54, 1.807) is 12.1 Å². The molecule has 0 spiro atoms. The van der Waals surface area contributed by atoms with Crippen molar-refractivity contribution in [2.75, 3.05) is 0 Å². The van der Waals surface area contributed by atoms with Gasteiger partial charge in [-0.25, -0.2) is 0 Å². The molecule has 4 nitrogen and oxygen atoms in total. The van der Waals surface area contributed by atoms with E-state index < -0.39 is 17.8 Å². The lowest BCUT2D eigenvalue weighted by atomic mass is 9.75. The number of phenols is 4. The lowest BCUT2D eigenvalue weighted by Gasteiger charge is -2.29. The van der Waals surface area contributed by atoms with Gasteiger partial charge in [0.15, 0.2) is 0 Å². The second-order valence-electron chi connectivity index (χ2n) is 16.6. The van der Waals surface area contributed by atoms with Crippen LogP contribution in [0.15, 0.2) is 152 Å². The van der Waals surface area contributed by atoms with E-state index in [0.29, 0.717) is 22.3 Å². The van der Waals surface area contributed by atoms with E-state index in [2.05, 4.69) is 100 Å². The molecule has 312 valence electrons. The minimum absolute atomic E-state index is 0.134. The fraction of sp³-hybridized carbons (Fsp3) is 0.263. The van der Waals surface area contributed by atoms with E-state index in [9.17, 15) is 20.4 Å². The van der Waals surface area contributed by atoms with Crippen molar-refractivity contribution in [2.45, 2.75) is 96.8 Å². The van der Waals surface area contributed by atoms with Crippen LogP contribution in [0, 0.1) is 0 Å². The molecule has 0 aromatic heterocycles. The van der Waals surface area contributed by atoms with Crippen LogP contribution in [0.5, 0.6) is 23.0 Å². The van der Waals surface area contributed by atoms with Crippen LogP contribution < -0.4 is 0 Å². The predicted octanol–water partition coefficient (Wildman–Crippen LogP) is 13.9. The lowest BCUT2D eigenvalue weighted by Crippen LogP contribution is -2.12. The topological polar surface area (TPSA) is 80.9 Å². The summed E-state index contributed by atoms with van der Waals surface area (Å²) in [4.78, 5) is 0. The van der Waals surface area contributed by atoms with Gasteiger partial charge in [0.1, 0.15) is 23.0 Å². The Hall–Kier alpha value is -6.26. The molecule has 2 atom stereocenters. The number of aryl methyl sites for hydroxylation is 4. The van der Waals surface area contributed by atoms with E-state index in [1.165, 1.54) is 0 Å². The molecule has 4 heteroatoms. The zero-order valence-corrected chi connectivity index (χ0v) is 36.1. The van der Waals surface area contributed by atoms with Crippen LogP contribution in [0.3, 0.4) is 0 Å². The highest BCUT2D eigenvalue weighted by atomic mass is 16.3. The number of rotatable bonds is 17. The molecule has 0 saturated heterocycles. The van der Waals surface area contributed by atoms with Gasteiger partial charge in [-0.05, 0) is 76.8 Å². The van der Waals surface area contributed by atoms with Crippen LogP contribution in [-0.4, -0.2) is 20.4 Å². The Kier molecular flexibility index (Phi) is 14.0. The Balaban J connectivity index is 1.54. The molecular formula is C57H60O4. The molecule has 7 aromatic rings. The van der Waals surface area contributed by atoms with Gasteiger partial charge in [0.05, 0.1) is 0 Å². The van der Waals surface area contributed by atoms with E-state index >= 15 is 0 Å². The Morgan fingerprint density at radius 2 is 0.574 bits per heavy atom. The monoisotopic (exact) mass is 808 g/mol. The van der Waals surface area contributed by atoms with Crippen LogP contribution in [-0.2, 0) is 25.7 Å². The van der Waals surface area contributed by atoms with Crippen molar-refractivity contribution < 1.29 is 20.4 Å². The van der Waals surface area contributed by atoms with Gasteiger partial charge in [0, 0.05) is 51.1 Å². The summed E-state index contributed by atoms with van der Waals surface area (Å²) in [6, 6.07) is 50.7. The van der Waals surface area contributed by atoms with Gasteiger partial charge in [-0.15, -0.1) is 0 Å². The summed E-state index contributed by atoms with van der Waals surface area (Å²) in [6.07, 6.45) is 7.04. The maximum absolute atomic E-state index is 13.1. The van der Waals surface area contributed by atoms with Gasteiger partial charge < -0.3 is 20.4 Å². The standard InChI is InChI=1S/C57H60O4/c1-5-18-38-28-30-51(58)45(32-38)53(42-22-12-9-13-23-42)47-34-40(20-7-3)36-49(56(47)60)55(44-26-16-11-17-27-44)50-37-41(21-8-4)35-48(57(50)61)54(43-24-14-10-15-25-43)46-33-39(19-6-2)29-31-52(46)59/h9-17,22-37,53-55,58-61H,5-8,18-21H2,1-4H3. The first kappa shape index (κ1) is 42.8. The molecule has 0 aliphatic heterocycles. The number of benzene rings is 7. The molecule has 0 aliphatic rings. The molecule has 7 aromatic carbocycles. The van der Waals surface area contributed by atoms with Gasteiger partial charge in [-0.2, -0.15) is 0 Å². The summed E-state index contributed by atoms with van der Waals surface area (Å²) >= 11 is 0. The molecule has 0 amide bonds. The number of hydrogen-bond donors (Lipinski definition) is 4. The Bertz CT molecular complexity index is 2370. The first-order chi connectivity index (χ1) is 29.8. The van der Waals surface area contributed by atoms with Crippen molar-refractivity contribution in [1.82, 2.24) is 0 Å². The number of aromatic hydroxyl groups is 4.